The van der Waals surface area contributed by atoms with Crippen molar-refractivity contribution in [2.45, 2.75) is 54.0 Å². The van der Waals surface area contributed by atoms with Gasteiger partial charge in [-0.25, -0.2) is 4.98 Å². The predicted octanol–water partition coefficient (Wildman–Crippen LogP) is 3.43. The zero-order chi connectivity index (χ0) is 14.3. The Kier molecular flexibility index (Phi) is 6.85. The maximum atomic E-state index is 4.81. The Hall–Kier alpha value is -1.09. The highest BCUT2D eigenvalue weighted by atomic mass is 15.2. The highest BCUT2D eigenvalue weighted by Crippen LogP contribution is 2.23. The number of nitrogens with zero attached hydrogens (tertiary/aromatic N) is 2. The zero-order valence-electron chi connectivity index (χ0n) is 13.2. The SMILES string of the molecule is CCCN(CCC)c1nc(C)cc(C)c1CNCC. The molecule has 1 rings (SSSR count). The van der Waals surface area contributed by atoms with E-state index in [9.17, 15) is 0 Å². The topological polar surface area (TPSA) is 28.2 Å². The van der Waals surface area contributed by atoms with Gasteiger partial charge in [0.05, 0.1) is 0 Å². The molecule has 0 aliphatic heterocycles. The van der Waals surface area contributed by atoms with Gasteiger partial charge in [0.2, 0.25) is 0 Å². The summed E-state index contributed by atoms with van der Waals surface area (Å²) in [6, 6.07) is 2.19. The third-order valence-corrected chi connectivity index (χ3v) is 3.29. The van der Waals surface area contributed by atoms with Crippen LogP contribution in [0.4, 0.5) is 5.82 Å². The summed E-state index contributed by atoms with van der Waals surface area (Å²) in [6.07, 6.45) is 2.32. The first-order chi connectivity index (χ1) is 9.13. The van der Waals surface area contributed by atoms with Crippen molar-refractivity contribution >= 4 is 5.82 Å². The molecular formula is C16H29N3. The third-order valence-electron chi connectivity index (χ3n) is 3.29. The van der Waals surface area contributed by atoms with Crippen molar-refractivity contribution in [3.05, 3.63) is 22.9 Å². The van der Waals surface area contributed by atoms with Gasteiger partial charge in [0, 0.05) is 30.9 Å². The van der Waals surface area contributed by atoms with Crippen LogP contribution in [0, 0.1) is 13.8 Å². The molecule has 0 spiro atoms. The molecule has 0 amide bonds. The van der Waals surface area contributed by atoms with Gasteiger partial charge in [0.1, 0.15) is 5.82 Å². The summed E-state index contributed by atoms with van der Waals surface area (Å²) in [5.74, 6) is 1.18. The van der Waals surface area contributed by atoms with E-state index in [1.54, 1.807) is 0 Å². The van der Waals surface area contributed by atoms with Crippen LogP contribution in [-0.2, 0) is 6.54 Å². The molecule has 1 aromatic heterocycles. The number of aryl methyl sites for hydroxylation is 2. The molecule has 1 aromatic rings. The predicted molar refractivity (Wildman–Crippen MR) is 83.9 cm³/mol. The third kappa shape index (κ3) is 4.50. The van der Waals surface area contributed by atoms with Crippen LogP contribution in [0.3, 0.4) is 0 Å². The van der Waals surface area contributed by atoms with Gasteiger partial charge in [-0.15, -0.1) is 0 Å². The van der Waals surface area contributed by atoms with Crippen LogP contribution in [0.25, 0.3) is 0 Å². The highest BCUT2D eigenvalue weighted by molar-refractivity contribution is 5.51. The number of hydrogen-bond donors (Lipinski definition) is 1. The second-order valence-corrected chi connectivity index (χ2v) is 5.15. The van der Waals surface area contributed by atoms with E-state index in [2.05, 4.69) is 50.9 Å². The van der Waals surface area contributed by atoms with Crippen LogP contribution in [-0.4, -0.2) is 24.6 Å². The average Bonchev–Trinajstić information content (AvgIpc) is 2.37. The van der Waals surface area contributed by atoms with Gasteiger partial charge >= 0.3 is 0 Å². The number of aromatic nitrogens is 1. The molecule has 0 atom stereocenters. The average molecular weight is 263 g/mol. The van der Waals surface area contributed by atoms with Crippen molar-refractivity contribution < 1.29 is 0 Å². The minimum absolute atomic E-state index is 0.912. The maximum Gasteiger partial charge on any atom is 0.133 e. The molecule has 0 aromatic carbocycles. The highest BCUT2D eigenvalue weighted by Gasteiger charge is 2.14. The quantitative estimate of drug-likeness (QED) is 0.779. The zero-order valence-corrected chi connectivity index (χ0v) is 13.2. The normalized spacial score (nSPS) is 10.8. The lowest BCUT2D eigenvalue weighted by molar-refractivity contribution is 0.693. The molecule has 0 bridgehead atoms. The molecule has 0 saturated heterocycles. The van der Waals surface area contributed by atoms with Gasteiger partial charge in [0.15, 0.2) is 0 Å². The molecule has 0 fully saturated rings. The Morgan fingerprint density at radius 2 is 1.74 bits per heavy atom. The van der Waals surface area contributed by atoms with Crippen molar-refractivity contribution in [2.75, 3.05) is 24.5 Å². The summed E-state index contributed by atoms with van der Waals surface area (Å²) >= 11 is 0. The van der Waals surface area contributed by atoms with E-state index >= 15 is 0 Å². The van der Waals surface area contributed by atoms with Gasteiger partial charge in [-0.3, -0.25) is 0 Å². The van der Waals surface area contributed by atoms with E-state index in [0.29, 0.717) is 0 Å². The van der Waals surface area contributed by atoms with Crippen molar-refractivity contribution in [3.8, 4) is 0 Å². The fourth-order valence-electron chi connectivity index (χ4n) is 2.44. The van der Waals surface area contributed by atoms with Crippen LogP contribution in [0.5, 0.6) is 0 Å². The lowest BCUT2D eigenvalue weighted by Crippen LogP contribution is -2.29. The van der Waals surface area contributed by atoms with Gasteiger partial charge < -0.3 is 10.2 Å². The van der Waals surface area contributed by atoms with Crippen LogP contribution in [0.15, 0.2) is 6.07 Å². The van der Waals surface area contributed by atoms with Crippen LogP contribution < -0.4 is 10.2 Å². The number of rotatable bonds is 8. The lowest BCUT2D eigenvalue weighted by atomic mass is 10.1. The number of anilines is 1. The van der Waals surface area contributed by atoms with Crippen molar-refractivity contribution in [3.63, 3.8) is 0 Å². The molecule has 1 heterocycles. The fraction of sp³-hybridized carbons (Fsp3) is 0.688. The Morgan fingerprint density at radius 3 is 2.26 bits per heavy atom. The Labute approximate surface area is 118 Å². The molecule has 0 saturated carbocycles. The van der Waals surface area contributed by atoms with Gasteiger partial charge in [-0.2, -0.15) is 0 Å². The second-order valence-electron chi connectivity index (χ2n) is 5.15. The number of nitrogens with one attached hydrogen (secondary N) is 1. The monoisotopic (exact) mass is 263 g/mol. The summed E-state index contributed by atoms with van der Waals surface area (Å²) in [5.41, 5.74) is 3.82. The smallest absolute Gasteiger partial charge is 0.133 e. The molecule has 0 aliphatic carbocycles. The van der Waals surface area contributed by atoms with E-state index in [4.69, 9.17) is 4.98 Å². The van der Waals surface area contributed by atoms with Gasteiger partial charge in [0.25, 0.3) is 0 Å². The standard InChI is InChI=1S/C16H29N3/c1-6-9-19(10-7-2)16-15(12-17-8-3)13(4)11-14(5)18-16/h11,17H,6-10,12H2,1-5H3. The second kappa shape index (κ2) is 8.16. The Balaban J connectivity index is 3.12. The van der Waals surface area contributed by atoms with Crippen LogP contribution in [0.2, 0.25) is 0 Å². The van der Waals surface area contributed by atoms with Gasteiger partial charge in [-0.05, 0) is 44.9 Å². The molecule has 1 N–H and O–H groups in total. The first-order valence-corrected chi connectivity index (χ1v) is 7.56. The first kappa shape index (κ1) is 16.0. The molecule has 3 heteroatoms. The van der Waals surface area contributed by atoms with E-state index in [1.165, 1.54) is 16.9 Å². The summed E-state index contributed by atoms with van der Waals surface area (Å²) in [4.78, 5) is 7.25. The molecular weight excluding hydrogens is 234 g/mol. The van der Waals surface area contributed by atoms with Crippen molar-refractivity contribution in [2.24, 2.45) is 0 Å². The van der Waals surface area contributed by atoms with E-state index in [1.807, 2.05) is 0 Å². The van der Waals surface area contributed by atoms with Gasteiger partial charge in [-0.1, -0.05) is 20.8 Å². The number of pyridine rings is 1. The lowest BCUT2D eigenvalue weighted by Gasteiger charge is -2.26. The first-order valence-electron chi connectivity index (χ1n) is 7.56. The van der Waals surface area contributed by atoms with Crippen molar-refractivity contribution in [1.82, 2.24) is 10.3 Å². The summed E-state index contributed by atoms with van der Waals surface area (Å²) in [5, 5.41) is 3.44. The van der Waals surface area contributed by atoms with E-state index < -0.39 is 0 Å². The molecule has 0 aliphatic rings. The molecule has 19 heavy (non-hydrogen) atoms. The van der Waals surface area contributed by atoms with Crippen molar-refractivity contribution in [1.29, 1.82) is 0 Å². The minimum atomic E-state index is 0.912. The fourth-order valence-corrected chi connectivity index (χ4v) is 2.44. The molecule has 108 valence electrons. The Morgan fingerprint density at radius 1 is 1.11 bits per heavy atom. The van der Waals surface area contributed by atoms with E-state index in [-0.39, 0.29) is 0 Å². The minimum Gasteiger partial charge on any atom is -0.356 e. The molecule has 0 radical (unpaired) electrons. The van der Waals surface area contributed by atoms with Crippen LogP contribution in [0.1, 0.15) is 50.4 Å². The summed E-state index contributed by atoms with van der Waals surface area (Å²) < 4.78 is 0. The number of hydrogen-bond acceptors (Lipinski definition) is 3. The van der Waals surface area contributed by atoms with Crippen LogP contribution >= 0.6 is 0 Å². The summed E-state index contributed by atoms with van der Waals surface area (Å²) in [6.45, 7) is 15.0. The molecule has 3 nitrogen and oxygen atoms in total. The summed E-state index contributed by atoms with van der Waals surface area (Å²) in [7, 11) is 0. The largest absolute Gasteiger partial charge is 0.356 e. The molecule has 0 unspecified atom stereocenters. The Bertz CT molecular complexity index is 382. The van der Waals surface area contributed by atoms with E-state index in [0.717, 1.165) is 44.7 Å². The maximum absolute atomic E-state index is 4.81.